The SMILES string of the molecule is COc1ccc(Nc2c(C)cc(C)cc2Cl)cc1. The van der Waals surface area contributed by atoms with E-state index in [4.69, 9.17) is 16.3 Å². The fourth-order valence-corrected chi connectivity index (χ4v) is 2.26. The van der Waals surface area contributed by atoms with Gasteiger partial charge in [0.2, 0.25) is 0 Å². The van der Waals surface area contributed by atoms with Crippen molar-refractivity contribution in [2.24, 2.45) is 0 Å². The molecule has 0 aliphatic carbocycles. The van der Waals surface area contributed by atoms with Crippen LogP contribution in [0.25, 0.3) is 0 Å². The van der Waals surface area contributed by atoms with Crippen LogP contribution in [-0.2, 0) is 0 Å². The Morgan fingerprint density at radius 3 is 2.28 bits per heavy atom. The van der Waals surface area contributed by atoms with Crippen molar-refractivity contribution in [1.29, 1.82) is 0 Å². The maximum atomic E-state index is 6.26. The monoisotopic (exact) mass is 261 g/mol. The molecule has 2 aromatic carbocycles. The minimum absolute atomic E-state index is 0.739. The largest absolute Gasteiger partial charge is 0.497 e. The summed E-state index contributed by atoms with van der Waals surface area (Å²) in [6.45, 7) is 4.08. The highest BCUT2D eigenvalue weighted by Gasteiger charge is 2.05. The van der Waals surface area contributed by atoms with E-state index in [1.54, 1.807) is 7.11 Å². The first-order chi connectivity index (χ1) is 8.60. The van der Waals surface area contributed by atoms with E-state index >= 15 is 0 Å². The molecule has 3 heteroatoms. The van der Waals surface area contributed by atoms with Crippen molar-refractivity contribution in [2.75, 3.05) is 12.4 Å². The molecule has 1 N–H and O–H groups in total. The second kappa shape index (κ2) is 5.32. The third-order valence-electron chi connectivity index (χ3n) is 2.79. The molecule has 0 saturated heterocycles. The van der Waals surface area contributed by atoms with Gasteiger partial charge in [0.05, 0.1) is 17.8 Å². The zero-order valence-corrected chi connectivity index (χ0v) is 11.5. The Morgan fingerprint density at radius 1 is 1.06 bits per heavy atom. The molecular formula is C15H16ClNO. The van der Waals surface area contributed by atoms with E-state index in [0.717, 1.165) is 33.3 Å². The zero-order chi connectivity index (χ0) is 13.1. The molecule has 0 aliphatic rings. The summed E-state index contributed by atoms with van der Waals surface area (Å²) in [5.74, 6) is 0.840. The lowest BCUT2D eigenvalue weighted by molar-refractivity contribution is 0.415. The lowest BCUT2D eigenvalue weighted by Gasteiger charge is -2.13. The molecule has 2 nitrogen and oxygen atoms in total. The molecule has 0 radical (unpaired) electrons. The van der Waals surface area contributed by atoms with Crippen molar-refractivity contribution < 1.29 is 4.74 Å². The van der Waals surface area contributed by atoms with Crippen molar-refractivity contribution in [1.82, 2.24) is 0 Å². The molecular weight excluding hydrogens is 246 g/mol. The highest BCUT2D eigenvalue weighted by Crippen LogP contribution is 2.30. The Labute approximate surface area is 113 Å². The summed E-state index contributed by atoms with van der Waals surface area (Å²) in [6, 6.07) is 11.8. The van der Waals surface area contributed by atoms with E-state index in [-0.39, 0.29) is 0 Å². The number of nitrogens with one attached hydrogen (secondary N) is 1. The van der Waals surface area contributed by atoms with E-state index in [1.807, 2.05) is 44.2 Å². The highest BCUT2D eigenvalue weighted by atomic mass is 35.5. The Bertz CT molecular complexity index is 526. The van der Waals surface area contributed by atoms with Gasteiger partial charge in [0, 0.05) is 5.69 Å². The van der Waals surface area contributed by atoms with Gasteiger partial charge in [0.25, 0.3) is 0 Å². The van der Waals surface area contributed by atoms with Crippen LogP contribution in [0.4, 0.5) is 11.4 Å². The normalized spacial score (nSPS) is 10.2. The third kappa shape index (κ3) is 2.77. The van der Waals surface area contributed by atoms with Crippen LogP contribution in [0, 0.1) is 13.8 Å². The maximum Gasteiger partial charge on any atom is 0.119 e. The minimum atomic E-state index is 0.739. The third-order valence-corrected chi connectivity index (χ3v) is 3.09. The van der Waals surface area contributed by atoms with Gasteiger partial charge in [-0.1, -0.05) is 17.7 Å². The quantitative estimate of drug-likeness (QED) is 0.864. The second-order valence-corrected chi connectivity index (χ2v) is 4.70. The van der Waals surface area contributed by atoms with Gasteiger partial charge in [-0.05, 0) is 55.3 Å². The molecule has 0 spiro atoms. The number of benzene rings is 2. The number of anilines is 2. The topological polar surface area (TPSA) is 21.3 Å². The summed E-state index contributed by atoms with van der Waals surface area (Å²) in [4.78, 5) is 0. The van der Waals surface area contributed by atoms with Gasteiger partial charge in [0.1, 0.15) is 5.75 Å². The van der Waals surface area contributed by atoms with Crippen LogP contribution in [0.15, 0.2) is 36.4 Å². The van der Waals surface area contributed by atoms with Crippen LogP contribution in [0.1, 0.15) is 11.1 Å². The van der Waals surface area contributed by atoms with Gasteiger partial charge in [-0.2, -0.15) is 0 Å². The molecule has 0 saturated carbocycles. The number of hydrogen-bond acceptors (Lipinski definition) is 2. The summed E-state index contributed by atoms with van der Waals surface area (Å²) in [6.07, 6.45) is 0. The maximum absolute atomic E-state index is 6.26. The number of methoxy groups -OCH3 is 1. The minimum Gasteiger partial charge on any atom is -0.497 e. The summed E-state index contributed by atoms with van der Waals surface area (Å²) in [7, 11) is 1.66. The molecule has 0 fully saturated rings. The van der Waals surface area contributed by atoms with E-state index in [1.165, 1.54) is 0 Å². The molecule has 0 bridgehead atoms. The Balaban J connectivity index is 2.28. The molecule has 18 heavy (non-hydrogen) atoms. The molecule has 94 valence electrons. The van der Waals surface area contributed by atoms with Crippen molar-refractivity contribution >= 4 is 23.0 Å². The van der Waals surface area contributed by atoms with Gasteiger partial charge in [0.15, 0.2) is 0 Å². The Kier molecular flexibility index (Phi) is 3.78. The molecule has 0 heterocycles. The molecule has 0 aliphatic heterocycles. The molecule has 0 atom stereocenters. The zero-order valence-electron chi connectivity index (χ0n) is 10.8. The van der Waals surface area contributed by atoms with E-state index in [9.17, 15) is 0 Å². The summed E-state index contributed by atoms with van der Waals surface area (Å²) < 4.78 is 5.13. The predicted octanol–water partition coefficient (Wildman–Crippen LogP) is 4.71. The summed E-state index contributed by atoms with van der Waals surface area (Å²) >= 11 is 6.26. The average Bonchev–Trinajstić information content (AvgIpc) is 2.34. The molecule has 2 aromatic rings. The van der Waals surface area contributed by atoms with Crippen LogP contribution in [0.3, 0.4) is 0 Å². The number of ether oxygens (including phenoxy) is 1. The summed E-state index contributed by atoms with van der Waals surface area (Å²) in [5, 5.41) is 4.07. The lowest BCUT2D eigenvalue weighted by Crippen LogP contribution is -1.95. The smallest absolute Gasteiger partial charge is 0.119 e. The molecule has 0 unspecified atom stereocenters. The van der Waals surface area contributed by atoms with E-state index < -0.39 is 0 Å². The van der Waals surface area contributed by atoms with Crippen molar-refractivity contribution in [3.8, 4) is 5.75 Å². The molecule has 2 rings (SSSR count). The standard InChI is InChI=1S/C15H16ClNO/c1-10-8-11(2)15(14(16)9-10)17-12-4-6-13(18-3)7-5-12/h4-9,17H,1-3H3. The predicted molar refractivity (Wildman–Crippen MR) is 77.2 cm³/mol. The first-order valence-electron chi connectivity index (χ1n) is 5.78. The van der Waals surface area contributed by atoms with Crippen molar-refractivity contribution in [2.45, 2.75) is 13.8 Å². The van der Waals surface area contributed by atoms with Crippen LogP contribution in [0.2, 0.25) is 5.02 Å². The van der Waals surface area contributed by atoms with E-state index in [2.05, 4.69) is 11.4 Å². The number of halogens is 1. The van der Waals surface area contributed by atoms with Gasteiger partial charge in [-0.25, -0.2) is 0 Å². The number of hydrogen-bond donors (Lipinski definition) is 1. The Hall–Kier alpha value is -1.67. The van der Waals surface area contributed by atoms with Gasteiger partial charge >= 0.3 is 0 Å². The lowest BCUT2D eigenvalue weighted by atomic mass is 10.1. The Morgan fingerprint density at radius 2 is 1.72 bits per heavy atom. The molecule has 0 aromatic heterocycles. The van der Waals surface area contributed by atoms with Gasteiger partial charge in [-0.3, -0.25) is 0 Å². The number of aryl methyl sites for hydroxylation is 2. The first kappa shape index (κ1) is 12.8. The van der Waals surface area contributed by atoms with Crippen molar-refractivity contribution in [3.05, 3.63) is 52.5 Å². The van der Waals surface area contributed by atoms with Crippen LogP contribution in [0.5, 0.6) is 5.75 Å². The number of rotatable bonds is 3. The summed E-state index contributed by atoms with van der Waals surface area (Å²) in [5.41, 5.74) is 4.24. The van der Waals surface area contributed by atoms with Crippen LogP contribution < -0.4 is 10.1 Å². The highest BCUT2D eigenvalue weighted by molar-refractivity contribution is 6.33. The fraction of sp³-hybridized carbons (Fsp3) is 0.200. The van der Waals surface area contributed by atoms with Crippen LogP contribution >= 0.6 is 11.6 Å². The van der Waals surface area contributed by atoms with Crippen molar-refractivity contribution in [3.63, 3.8) is 0 Å². The average molecular weight is 262 g/mol. The van der Waals surface area contributed by atoms with Gasteiger partial charge < -0.3 is 10.1 Å². The van der Waals surface area contributed by atoms with E-state index in [0.29, 0.717) is 0 Å². The first-order valence-corrected chi connectivity index (χ1v) is 6.16. The second-order valence-electron chi connectivity index (χ2n) is 4.29. The molecule has 0 amide bonds. The van der Waals surface area contributed by atoms with Crippen LogP contribution in [-0.4, -0.2) is 7.11 Å². The van der Waals surface area contributed by atoms with Gasteiger partial charge in [-0.15, -0.1) is 0 Å². The fourth-order valence-electron chi connectivity index (χ4n) is 1.89.